The fraction of sp³-hybridized carbons (Fsp3) is 0.600. The van der Waals surface area contributed by atoms with Gasteiger partial charge in [0.2, 0.25) is 0 Å². The minimum atomic E-state index is -0.661. The Hall–Kier alpha value is -0.970. The van der Waals surface area contributed by atoms with Crippen LogP contribution in [-0.4, -0.2) is 29.9 Å². The molecular weight excluding hydrogens is 245 g/mol. The molecule has 4 heteroatoms. The first-order chi connectivity index (χ1) is 9.06. The van der Waals surface area contributed by atoms with Gasteiger partial charge in [-0.15, -0.1) is 0 Å². The topological polar surface area (TPSA) is 52.5 Å². The molecule has 0 aliphatic rings. The summed E-state index contributed by atoms with van der Waals surface area (Å²) >= 11 is 0. The van der Waals surface area contributed by atoms with Gasteiger partial charge in [0.1, 0.15) is 5.82 Å². The monoisotopic (exact) mass is 269 g/mol. The highest BCUT2D eigenvalue weighted by Gasteiger charge is 2.24. The molecule has 3 nitrogen and oxygen atoms in total. The number of rotatable bonds is 8. The van der Waals surface area contributed by atoms with Crippen LogP contribution >= 0.6 is 0 Å². The Balaban J connectivity index is 2.46. The zero-order valence-electron chi connectivity index (χ0n) is 11.7. The van der Waals surface area contributed by atoms with Gasteiger partial charge >= 0.3 is 0 Å². The molecule has 0 saturated carbocycles. The van der Waals surface area contributed by atoms with E-state index in [0.29, 0.717) is 18.7 Å². The highest BCUT2D eigenvalue weighted by atomic mass is 19.1. The summed E-state index contributed by atoms with van der Waals surface area (Å²) in [6.07, 6.45) is 1.12. The molecule has 1 atom stereocenters. The molecule has 0 saturated heterocycles. The van der Waals surface area contributed by atoms with Gasteiger partial charge in [-0.25, -0.2) is 4.39 Å². The summed E-state index contributed by atoms with van der Waals surface area (Å²) in [5.41, 5.74) is 0.569. The van der Waals surface area contributed by atoms with E-state index >= 15 is 0 Å². The van der Waals surface area contributed by atoms with Crippen LogP contribution in [-0.2, 0) is 0 Å². The number of hydrogen-bond donors (Lipinski definition) is 3. The quantitative estimate of drug-likeness (QED) is 0.678. The zero-order chi connectivity index (χ0) is 14.3. The summed E-state index contributed by atoms with van der Waals surface area (Å²) < 4.78 is 12.8. The van der Waals surface area contributed by atoms with Crippen molar-refractivity contribution in [3.63, 3.8) is 0 Å². The molecule has 0 fully saturated rings. The summed E-state index contributed by atoms with van der Waals surface area (Å²) in [6, 6.07) is 5.85. The Morgan fingerprint density at radius 1 is 1.21 bits per heavy atom. The Labute approximate surface area is 114 Å². The average molecular weight is 269 g/mol. The van der Waals surface area contributed by atoms with Gasteiger partial charge in [-0.05, 0) is 30.5 Å². The van der Waals surface area contributed by atoms with Crippen molar-refractivity contribution in [2.75, 3.05) is 19.7 Å². The van der Waals surface area contributed by atoms with Gasteiger partial charge in [0.25, 0.3) is 0 Å². The second kappa shape index (κ2) is 7.58. The van der Waals surface area contributed by atoms with Gasteiger partial charge in [0, 0.05) is 25.1 Å². The van der Waals surface area contributed by atoms with Crippen molar-refractivity contribution in [2.45, 2.75) is 32.8 Å². The lowest BCUT2D eigenvalue weighted by molar-refractivity contribution is 0.104. The van der Waals surface area contributed by atoms with Gasteiger partial charge in [-0.3, -0.25) is 0 Å². The molecule has 19 heavy (non-hydrogen) atoms. The molecule has 108 valence electrons. The van der Waals surface area contributed by atoms with E-state index in [1.165, 1.54) is 12.1 Å². The lowest BCUT2D eigenvalue weighted by Crippen LogP contribution is -2.38. The Bertz CT molecular complexity index is 355. The van der Waals surface area contributed by atoms with Crippen molar-refractivity contribution in [1.29, 1.82) is 0 Å². The van der Waals surface area contributed by atoms with E-state index in [2.05, 4.69) is 19.2 Å². The zero-order valence-corrected chi connectivity index (χ0v) is 11.7. The number of halogens is 1. The van der Waals surface area contributed by atoms with Crippen LogP contribution in [0.1, 0.15) is 38.4 Å². The molecule has 0 aliphatic heterocycles. The minimum Gasteiger partial charge on any atom is -0.396 e. The average Bonchev–Trinajstić information content (AvgIpc) is 2.45. The maximum atomic E-state index is 12.8. The van der Waals surface area contributed by atoms with Crippen LogP contribution in [0.5, 0.6) is 0 Å². The molecule has 0 heterocycles. The molecule has 0 radical (unpaired) electrons. The first-order valence-corrected chi connectivity index (χ1v) is 6.82. The van der Waals surface area contributed by atoms with Crippen LogP contribution in [0.3, 0.4) is 0 Å². The third kappa shape index (κ3) is 4.56. The summed E-state index contributed by atoms with van der Waals surface area (Å²) in [6.45, 7) is 5.30. The normalized spacial score (nSPS) is 13.5. The number of benzene rings is 1. The third-order valence-electron chi connectivity index (χ3n) is 3.93. The maximum Gasteiger partial charge on any atom is 0.123 e. The van der Waals surface area contributed by atoms with Gasteiger partial charge in [0.15, 0.2) is 0 Å². The second-order valence-electron chi connectivity index (χ2n) is 5.06. The van der Waals surface area contributed by atoms with Crippen LogP contribution in [0.2, 0.25) is 0 Å². The SMILES string of the molecule is CCC(CC)(CO)CNCC(O)c1ccc(F)cc1. The van der Waals surface area contributed by atoms with Gasteiger partial charge in [0.05, 0.1) is 6.10 Å². The molecule has 1 aromatic carbocycles. The number of hydrogen-bond acceptors (Lipinski definition) is 3. The van der Waals surface area contributed by atoms with Crippen molar-refractivity contribution in [3.8, 4) is 0 Å². The minimum absolute atomic E-state index is 0.123. The van der Waals surface area contributed by atoms with E-state index < -0.39 is 6.10 Å². The van der Waals surface area contributed by atoms with Crippen molar-refractivity contribution in [1.82, 2.24) is 5.32 Å². The van der Waals surface area contributed by atoms with Gasteiger partial charge < -0.3 is 15.5 Å². The molecule has 0 spiro atoms. The number of aliphatic hydroxyl groups excluding tert-OH is 2. The maximum absolute atomic E-state index is 12.8. The van der Waals surface area contributed by atoms with E-state index in [9.17, 15) is 14.6 Å². The number of nitrogens with one attached hydrogen (secondary N) is 1. The lowest BCUT2D eigenvalue weighted by Gasteiger charge is -2.30. The lowest BCUT2D eigenvalue weighted by atomic mass is 9.83. The van der Waals surface area contributed by atoms with E-state index in [1.54, 1.807) is 12.1 Å². The second-order valence-corrected chi connectivity index (χ2v) is 5.06. The smallest absolute Gasteiger partial charge is 0.123 e. The van der Waals surface area contributed by atoms with Crippen molar-refractivity contribution in [3.05, 3.63) is 35.6 Å². The third-order valence-corrected chi connectivity index (χ3v) is 3.93. The molecule has 3 N–H and O–H groups in total. The van der Waals surface area contributed by atoms with Gasteiger partial charge in [-0.2, -0.15) is 0 Å². The van der Waals surface area contributed by atoms with Gasteiger partial charge in [-0.1, -0.05) is 26.0 Å². The predicted molar refractivity (Wildman–Crippen MR) is 74.3 cm³/mol. The Kier molecular flexibility index (Phi) is 6.42. The van der Waals surface area contributed by atoms with E-state index in [4.69, 9.17) is 0 Å². The van der Waals surface area contributed by atoms with E-state index in [-0.39, 0.29) is 17.8 Å². The van der Waals surface area contributed by atoms with Crippen LogP contribution in [0.25, 0.3) is 0 Å². The highest BCUT2D eigenvalue weighted by Crippen LogP contribution is 2.24. The van der Waals surface area contributed by atoms with Crippen molar-refractivity contribution in [2.24, 2.45) is 5.41 Å². The highest BCUT2D eigenvalue weighted by molar-refractivity contribution is 5.18. The molecule has 0 amide bonds. The summed E-state index contributed by atoms with van der Waals surface area (Å²) in [7, 11) is 0. The standard InChI is InChI=1S/C15H24FNO2/c1-3-15(4-2,11-18)10-17-9-14(19)12-5-7-13(16)8-6-12/h5-8,14,17-19H,3-4,9-11H2,1-2H3. The fourth-order valence-corrected chi connectivity index (χ4v) is 2.06. The molecule has 0 aliphatic carbocycles. The van der Waals surface area contributed by atoms with E-state index in [0.717, 1.165) is 12.8 Å². The van der Waals surface area contributed by atoms with E-state index in [1.807, 2.05) is 0 Å². The first kappa shape index (κ1) is 16.1. The molecule has 0 aromatic heterocycles. The first-order valence-electron chi connectivity index (χ1n) is 6.82. The summed E-state index contributed by atoms with van der Waals surface area (Å²) in [4.78, 5) is 0. The molecule has 0 bridgehead atoms. The number of aliphatic hydroxyl groups is 2. The fourth-order valence-electron chi connectivity index (χ4n) is 2.06. The molecule has 1 unspecified atom stereocenters. The predicted octanol–water partition coefficient (Wildman–Crippen LogP) is 2.25. The van der Waals surface area contributed by atoms with Crippen molar-refractivity contribution < 1.29 is 14.6 Å². The van der Waals surface area contributed by atoms with Crippen molar-refractivity contribution >= 4 is 0 Å². The molecular formula is C15H24FNO2. The van der Waals surface area contributed by atoms with Crippen LogP contribution < -0.4 is 5.32 Å². The molecule has 1 rings (SSSR count). The van der Waals surface area contributed by atoms with Crippen LogP contribution in [0.4, 0.5) is 4.39 Å². The summed E-state index contributed by atoms with van der Waals surface area (Å²) in [5, 5.41) is 22.6. The van der Waals surface area contributed by atoms with Crippen LogP contribution in [0, 0.1) is 11.2 Å². The van der Waals surface area contributed by atoms with Crippen LogP contribution in [0.15, 0.2) is 24.3 Å². The summed E-state index contributed by atoms with van der Waals surface area (Å²) in [5.74, 6) is -0.305. The Morgan fingerprint density at radius 3 is 2.26 bits per heavy atom. The molecule has 1 aromatic rings. The Morgan fingerprint density at radius 2 is 1.79 bits per heavy atom. The largest absolute Gasteiger partial charge is 0.396 e.